The van der Waals surface area contributed by atoms with Crippen LogP contribution in [0.2, 0.25) is 0 Å². The van der Waals surface area contributed by atoms with Gasteiger partial charge in [0.05, 0.1) is 35.8 Å². The summed E-state index contributed by atoms with van der Waals surface area (Å²) < 4.78 is 7.03. The lowest BCUT2D eigenvalue weighted by atomic mass is 10.2. The monoisotopic (exact) mass is 366 g/mol. The molecule has 0 saturated carbocycles. The van der Waals surface area contributed by atoms with Crippen LogP contribution in [0.1, 0.15) is 25.7 Å². The number of nitrogens with one attached hydrogen (secondary N) is 1. The molecule has 1 aromatic heterocycles. The highest BCUT2D eigenvalue weighted by atomic mass is 16.5. The minimum atomic E-state index is -0.474. The average Bonchev–Trinajstić information content (AvgIpc) is 2.67. The fourth-order valence-electron chi connectivity index (χ4n) is 2.89. The molecule has 0 aliphatic heterocycles. The Kier molecular flexibility index (Phi) is 5.52. The van der Waals surface area contributed by atoms with Crippen molar-refractivity contribution in [3.05, 3.63) is 64.7 Å². The summed E-state index contributed by atoms with van der Waals surface area (Å²) in [4.78, 5) is 29.0. The third-order valence-corrected chi connectivity index (χ3v) is 4.18. The first-order valence-corrected chi connectivity index (χ1v) is 8.78. The van der Waals surface area contributed by atoms with Crippen LogP contribution in [0.3, 0.4) is 0 Å². The lowest BCUT2D eigenvalue weighted by molar-refractivity contribution is -0.117. The maximum Gasteiger partial charge on any atom is 0.266 e. The number of fused-ring (bicyclic) bond motifs is 1. The molecule has 7 heteroatoms. The first kappa shape index (κ1) is 18.6. The van der Waals surface area contributed by atoms with Gasteiger partial charge in [-0.2, -0.15) is 0 Å². The highest BCUT2D eigenvalue weighted by Crippen LogP contribution is 2.20. The van der Waals surface area contributed by atoms with Gasteiger partial charge in [0.2, 0.25) is 5.91 Å². The second-order valence-electron chi connectivity index (χ2n) is 6.12. The van der Waals surface area contributed by atoms with Crippen LogP contribution in [0.25, 0.3) is 16.6 Å². The zero-order valence-electron chi connectivity index (χ0n) is 15.3. The fraction of sp³-hybridized carbons (Fsp3) is 0.250. The van der Waals surface area contributed by atoms with E-state index in [9.17, 15) is 9.59 Å². The molecule has 7 nitrogen and oxygen atoms in total. The minimum Gasteiger partial charge on any atom is -0.494 e. The number of primary amides is 1. The van der Waals surface area contributed by atoms with Gasteiger partial charge in [0, 0.05) is 0 Å². The van der Waals surface area contributed by atoms with Crippen molar-refractivity contribution >= 4 is 16.8 Å². The topological polar surface area (TPSA) is 99.2 Å². The number of para-hydroxylation sites is 1. The molecule has 0 aliphatic rings. The fourth-order valence-corrected chi connectivity index (χ4v) is 2.89. The molecule has 1 amide bonds. The van der Waals surface area contributed by atoms with Crippen LogP contribution >= 0.6 is 0 Å². The van der Waals surface area contributed by atoms with E-state index in [4.69, 9.17) is 10.5 Å². The van der Waals surface area contributed by atoms with Gasteiger partial charge < -0.3 is 10.5 Å². The van der Waals surface area contributed by atoms with Crippen molar-refractivity contribution in [3.63, 3.8) is 0 Å². The summed E-state index contributed by atoms with van der Waals surface area (Å²) in [6.07, 6.45) is 0. The van der Waals surface area contributed by atoms with Gasteiger partial charge in [-0.1, -0.05) is 12.1 Å². The number of nitrogens with two attached hydrogens (primary N) is 1. The number of carbonyl (C=O) groups is 1. The van der Waals surface area contributed by atoms with Gasteiger partial charge in [-0.25, -0.2) is 4.98 Å². The first-order chi connectivity index (χ1) is 13.0. The molecule has 27 heavy (non-hydrogen) atoms. The summed E-state index contributed by atoms with van der Waals surface area (Å²) in [6, 6.07) is 14.1. The van der Waals surface area contributed by atoms with Crippen molar-refractivity contribution in [2.24, 2.45) is 5.73 Å². The molecule has 0 bridgehead atoms. The summed E-state index contributed by atoms with van der Waals surface area (Å²) in [7, 11) is 0. The lowest BCUT2D eigenvalue weighted by Gasteiger charge is -2.19. The van der Waals surface area contributed by atoms with E-state index in [-0.39, 0.29) is 18.1 Å². The van der Waals surface area contributed by atoms with Crippen LogP contribution in [0.5, 0.6) is 5.75 Å². The number of carbonyl (C=O) groups excluding carboxylic acids is 1. The number of amides is 1. The molecule has 1 atom stereocenters. The van der Waals surface area contributed by atoms with E-state index < -0.39 is 5.91 Å². The second-order valence-corrected chi connectivity index (χ2v) is 6.12. The normalized spacial score (nSPS) is 12.1. The Morgan fingerprint density at radius 2 is 1.93 bits per heavy atom. The van der Waals surface area contributed by atoms with Gasteiger partial charge in [-0.15, -0.1) is 0 Å². The molecular weight excluding hydrogens is 344 g/mol. The molecular formula is C20H22N4O3. The van der Waals surface area contributed by atoms with Crippen LogP contribution in [0.4, 0.5) is 0 Å². The summed E-state index contributed by atoms with van der Waals surface area (Å²) >= 11 is 0. The van der Waals surface area contributed by atoms with Gasteiger partial charge in [0.25, 0.3) is 5.56 Å². The summed E-state index contributed by atoms with van der Waals surface area (Å²) in [5, 5.41) is 3.54. The summed E-state index contributed by atoms with van der Waals surface area (Å²) in [5.41, 5.74) is 6.33. The van der Waals surface area contributed by atoms with Gasteiger partial charge in [-0.05, 0) is 50.2 Å². The van der Waals surface area contributed by atoms with Gasteiger partial charge in [0.1, 0.15) is 11.6 Å². The number of ether oxygens (including phenoxy) is 1. The Hall–Kier alpha value is -3.19. The highest BCUT2D eigenvalue weighted by molar-refractivity contribution is 5.78. The molecule has 0 unspecified atom stereocenters. The largest absolute Gasteiger partial charge is 0.494 e. The van der Waals surface area contributed by atoms with Crippen LogP contribution < -0.4 is 21.3 Å². The van der Waals surface area contributed by atoms with E-state index in [1.807, 2.05) is 50.2 Å². The van der Waals surface area contributed by atoms with Crippen molar-refractivity contribution in [2.45, 2.75) is 19.9 Å². The van der Waals surface area contributed by atoms with Crippen LogP contribution in [-0.2, 0) is 4.79 Å². The van der Waals surface area contributed by atoms with E-state index in [0.29, 0.717) is 29.0 Å². The van der Waals surface area contributed by atoms with E-state index >= 15 is 0 Å². The summed E-state index contributed by atoms with van der Waals surface area (Å²) in [6.45, 7) is 4.31. The third kappa shape index (κ3) is 3.98. The molecule has 140 valence electrons. The number of aromatic nitrogens is 2. The average molecular weight is 366 g/mol. The van der Waals surface area contributed by atoms with Crippen molar-refractivity contribution in [2.75, 3.05) is 13.2 Å². The van der Waals surface area contributed by atoms with E-state index in [1.165, 1.54) is 0 Å². The van der Waals surface area contributed by atoms with Gasteiger partial charge >= 0.3 is 0 Å². The maximum absolute atomic E-state index is 13.2. The number of hydrogen-bond acceptors (Lipinski definition) is 5. The van der Waals surface area contributed by atoms with Gasteiger partial charge in [-0.3, -0.25) is 19.5 Å². The Morgan fingerprint density at radius 1 is 1.22 bits per heavy atom. The van der Waals surface area contributed by atoms with E-state index in [0.717, 1.165) is 5.75 Å². The molecule has 0 spiro atoms. The Labute approximate surface area is 156 Å². The van der Waals surface area contributed by atoms with E-state index in [1.54, 1.807) is 16.7 Å². The molecule has 1 heterocycles. The molecule has 0 saturated heterocycles. The summed E-state index contributed by atoms with van der Waals surface area (Å²) in [5.74, 6) is 0.756. The van der Waals surface area contributed by atoms with Crippen molar-refractivity contribution < 1.29 is 9.53 Å². The second kappa shape index (κ2) is 8.01. The predicted octanol–water partition coefficient (Wildman–Crippen LogP) is 1.92. The maximum atomic E-state index is 13.2. The number of benzene rings is 2. The Bertz CT molecular complexity index is 1010. The number of nitrogens with zero attached hydrogens (tertiary/aromatic N) is 2. The number of rotatable bonds is 7. The lowest BCUT2D eigenvalue weighted by Crippen LogP contribution is -2.34. The van der Waals surface area contributed by atoms with Crippen molar-refractivity contribution in [3.8, 4) is 11.4 Å². The standard InChI is InChI=1S/C20H22N4O3/c1-3-27-15-10-8-14(9-11-15)24-19(13(2)22-12-18(21)25)23-17-7-5-4-6-16(17)20(24)26/h4-11,13,22H,3,12H2,1-2H3,(H2,21,25)/t13-/m1/s1. The molecule has 0 aliphatic carbocycles. The first-order valence-electron chi connectivity index (χ1n) is 8.78. The molecule has 0 fully saturated rings. The quantitative estimate of drug-likeness (QED) is 0.665. The Balaban J connectivity index is 2.15. The Morgan fingerprint density at radius 3 is 2.59 bits per heavy atom. The van der Waals surface area contributed by atoms with Crippen LogP contribution in [0, 0.1) is 0 Å². The van der Waals surface area contributed by atoms with Gasteiger partial charge in [0.15, 0.2) is 0 Å². The van der Waals surface area contributed by atoms with Crippen LogP contribution in [-0.4, -0.2) is 28.6 Å². The third-order valence-electron chi connectivity index (χ3n) is 4.18. The molecule has 3 rings (SSSR count). The van der Waals surface area contributed by atoms with Crippen molar-refractivity contribution in [1.29, 1.82) is 0 Å². The highest BCUT2D eigenvalue weighted by Gasteiger charge is 2.18. The molecule has 2 aromatic carbocycles. The van der Waals surface area contributed by atoms with E-state index in [2.05, 4.69) is 10.3 Å². The number of hydrogen-bond donors (Lipinski definition) is 2. The molecule has 3 N–H and O–H groups in total. The van der Waals surface area contributed by atoms with Crippen molar-refractivity contribution in [1.82, 2.24) is 14.9 Å². The SMILES string of the molecule is CCOc1ccc(-n2c([C@@H](C)NCC(N)=O)nc3ccccc3c2=O)cc1. The predicted molar refractivity (Wildman–Crippen MR) is 104 cm³/mol. The van der Waals surface area contributed by atoms with Crippen LogP contribution in [0.15, 0.2) is 53.3 Å². The minimum absolute atomic E-state index is 0.00680. The molecule has 3 aromatic rings. The zero-order valence-corrected chi connectivity index (χ0v) is 15.3. The molecule has 0 radical (unpaired) electrons. The zero-order chi connectivity index (χ0) is 19.4. The smallest absolute Gasteiger partial charge is 0.266 e.